The number of hydrogen-bond acceptors (Lipinski definition) is 3. The SMILES string of the molecule is Cc1ccc(-c2cc3ccccc3c3cc(CN(Cc4ccccc4)S(=O)(=O)c4ccc(C)cc4)nn23)cc1. The van der Waals surface area contributed by atoms with Crippen LogP contribution in [0.4, 0.5) is 0 Å². The Bertz CT molecular complexity index is 1880. The Morgan fingerprint density at radius 2 is 1.36 bits per heavy atom. The number of pyridine rings is 1. The van der Waals surface area contributed by atoms with E-state index in [1.807, 2.05) is 72.1 Å². The molecule has 0 amide bonds. The summed E-state index contributed by atoms with van der Waals surface area (Å²) in [4.78, 5) is 0.276. The highest BCUT2D eigenvalue weighted by Crippen LogP contribution is 2.30. The fourth-order valence-corrected chi connectivity index (χ4v) is 6.33. The summed E-state index contributed by atoms with van der Waals surface area (Å²) in [7, 11) is -3.78. The van der Waals surface area contributed by atoms with Crippen molar-refractivity contribution >= 4 is 26.3 Å². The van der Waals surface area contributed by atoms with E-state index in [1.54, 1.807) is 12.1 Å². The van der Waals surface area contributed by atoms with Crippen LogP contribution in [0, 0.1) is 13.8 Å². The molecule has 0 radical (unpaired) electrons. The summed E-state index contributed by atoms with van der Waals surface area (Å²) in [6, 6.07) is 37.5. The molecule has 5 nitrogen and oxygen atoms in total. The van der Waals surface area contributed by atoms with Crippen LogP contribution in [0.25, 0.3) is 27.5 Å². The molecule has 6 aromatic rings. The van der Waals surface area contributed by atoms with Crippen molar-refractivity contribution in [3.8, 4) is 11.3 Å². The van der Waals surface area contributed by atoms with Crippen molar-refractivity contribution < 1.29 is 8.42 Å². The average Bonchev–Trinajstić information content (AvgIpc) is 3.38. The zero-order chi connectivity index (χ0) is 27.0. The number of hydrogen-bond donors (Lipinski definition) is 0. The molecule has 4 aromatic carbocycles. The van der Waals surface area contributed by atoms with Crippen LogP contribution in [0.15, 0.2) is 120 Å². The van der Waals surface area contributed by atoms with Gasteiger partial charge in [-0.2, -0.15) is 9.40 Å². The van der Waals surface area contributed by atoms with E-state index in [4.69, 9.17) is 5.10 Å². The Balaban J connectivity index is 1.48. The molecule has 0 saturated heterocycles. The lowest BCUT2D eigenvalue weighted by Gasteiger charge is -2.21. The molecule has 0 aliphatic carbocycles. The highest BCUT2D eigenvalue weighted by molar-refractivity contribution is 7.89. The van der Waals surface area contributed by atoms with Crippen molar-refractivity contribution in [3.05, 3.63) is 138 Å². The number of aryl methyl sites for hydroxylation is 2. The Hall–Kier alpha value is -4.26. The fourth-order valence-electron chi connectivity index (χ4n) is 4.93. The van der Waals surface area contributed by atoms with Crippen molar-refractivity contribution in [2.75, 3.05) is 0 Å². The van der Waals surface area contributed by atoms with Crippen LogP contribution in [0.3, 0.4) is 0 Å². The first-order valence-electron chi connectivity index (χ1n) is 13.0. The summed E-state index contributed by atoms with van der Waals surface area (Å²) in [5.74, 6) is 0. The summed E-state index contributed by atoms with van der Waals surface area (Å²) < 4.78 is 31.2. The number of fused-ring (bicyclic) bond motifs is 3. The standard InChI is InChI=1S/C33H29N3O2S/c1-24-12-16-27(17-13-24)32-20-28-10-6-7-11-31(28)33-21-29(34-36(32)33)23-35(22-26-8-4-3-5-9-26)39(37,38)30-18-14-25(2)15-19-30/h3-21H,22-23H2,1-2H3. The quantitative estimate of drug-likeness (QED) is 0.220. The molecule has 0 unspecified atom stereocenters. The van der Waals surface area contributed by atoms with Gasteiger partial charge in [-0.15, -0.1) is 0 Å². The van der Waals surface area contributed by atoms with Crippen LogP contribution in [-0.2, 0) is 23.1 Å². The van der Waals surface area contributed by atoms with Gasteiger partial charge in [0.1, 0.15) is 0 Å². The Morgan fingerprint density at radius 3 is 2.08 bits per heavy atom. The molecule has 0 spiro atoms. The Morgan fingerprint density at radius 1 is 0.718 bits per heavy atom. The van der Waals surface area contributed by atoms with Crippen molar-refractivity contribution in [3.63, 3.8) is 0 Å². The molecule has 0 aliphatic rings. The predicted octanol–water partition coefficient (Wildman–Crippen LogP) is 7.16. The monoisotopic (exact) mass is 531 g/mol. The molecule has 39 heavy (non-hydrogen) atoms. The highest BCUT2D eigenvalue weighted by Gasteiger charge is 2.26. The minimum atomic E-state index is -3.78. The summed E-state index contributed by atoms with van der Waals surface area (Å²) in [5, 5.41) is 7.16. The summed E-state index contributed by atoms with van der Waals surface area (Å²) in [5.41, 5.74) is 6.78. The topological polar surface area (TPSA) is 54.7 Å². The molecule has 2 aromatic heterocycles. The van der Waals surface area contributed by atoms with Crippen molar-refractivity contribution in [2.24, 2.45) is 0 Å². The van der Waals surface area contributed by atoms with Crippen LogP contribution in [0.5, 0.6) is 0 Å². The van der Waals surface area contributed by atoms with E-state index in [2.05, 4.69) is 49.4 Å². The smallest absolute Gasteiger partial charge is 0.232 e. The van der Waals surface area contributed by atoms with E-state index in [-0.39, 0.29) is 18.0 Å². The van der Waals surface area contributed by atoms with Crippen LogP contribution >= 0.6 is 0 Å². The van der Waals surface area contributed by atoms with Crippen molar-refractivity contribution in [1.29, 1.82) is 0 Å². The minimum absolute atomic E-state index is 0.147. The Labute approximate surface area is 229 Å². The van der Waals surface area contributed by atoms with E-state index >= 15 is 0 Å². The molecule has 6 heteroatoms. The predicted molar refractivity (Wildman–Crippen MR) is 157 cm³/mol. The lowest BCUT2D eigenvalue weighted by molar-refractivity contribution is 0.396. The highest BCUT2D eigenvalue weighted by atomic mass is 32.2. The second-order valence-electron chi connectivity index (χ2n) is 9.99. The third kappa shape index (κ3) is 4.97. The van der Waals surface area contributed by atoms with E-state index in [1.165, 1.54) is 9.87 Å². The fraction of sp³-hybridized carbons (Fsp3) is 0.121. The molecule has 0 atom stereocenters. The van der Waals surface area contributed by atoms with Gasteiger partial charge in [0.15, 0.2) is 0 Å². The molecule has 0 aliphatic heterocycles. The van der Waals surface area contributed by atoms with Crippen LogP contribution in [-0.4, -0.2) is 22.3 Å². The number of sulfonamides is 1. The lowest BCUT2D eigenvalue weighted by atomic mass is 10.0. The van der Waals surface area contributed by atoms with Gasteiger partial charge in [-0.05, 0) is 49.1 Å². The van der Waals surface area contributed by atoms with Gasteiger partial charge < -0.3 is 0 Å². The molecular weight excluding hydrogens is 502 g/mol. The maximum atomic E-state index is 13.9. The van der Waals surface area contributed by atoms with E-state index in [0.29, 0.717) is 5.69 Å². The van der Waals surface area contributed by atoms with E-state index in [0.717, 1.165) is 38.7 Å². The second kappa shape index (κ2) is 10.1. The van der Waals surface area contributed by atoms with Crippen LogP contribution < -0.4 is 0 Å². The number of nitrogens with zero attached hydrogens (tertiary/aromatic N) is 3. The molecule has 0 saturated carbocycles. The average molecular weight is 532 g/mol. The molecular formula is C33H29N3O2S. The van der Waals surface area contributed by atoms with Gasteiger partial charge in [0.05, 0.1) is 28.3 Å². The summed E-state index contributed by atoms with van der Waals surface area (Å²) in [6.45, 7) is 4.41. The van der Waals surface area contributed by atoms with Gasteiger partial charge in [0.25, 0.3) is 0 Å². The first-order valence-corrected chi connectivity index (χ1v) is 14.4. The summed E-state index contributed by atoms with van der Waals surface area (Å²) in [6.07, 6.45) is 0. The maximum Gasteiger partial charge on any atom is 0.243 e. The molecule has 0 N–H and O–H groups in total. The molecule has 0 bridgehead atoms. The maximum absolute atomic E-state index is 13.9. The zero-order valence-corrected chi connectivity index (χ0v) is 22.8. The normalized spacial score (nSPS) is 12.0. The molecule has 6 rings (SSSR count). The van der Waals surface area contributed by atoms with Gasteiger partial charge >= 0.3 is 0 Å². The van der Waals surface area contributed by atoms with E-state index in [9.17, 15) is 8.42 Å². The first-order chi connectivity index (χ1) is 18.9. The van der Waals surface area contributed by atoms with Gasteiger partial charge in [-0.25, -0.2) is 12.9 Å². The van der Waals surface area contributed by atoms with Gasteiger partial charge in [-0.3, -0.25) is 0 Å². The third-order valence-electron chi connectivity index (χ3n) is 7.06. The molecule has 194 valence electrons. The van der Waals surface area contributed by atoms with Gasteiger partial charge in [-0.1, -0.05) is 102 Å². The van der Waals surface area contributed by atoms with Crippen molar-refractivity contribution in [1.82, 2.24) is 13.9 Å². The number of benzene rings is 4. The van der Waals surface area contributed by atoms with Gasteiger partial charge in [0, 0.05) is 17.5 Å². The third-order valence-corrected chi connectivity index (χ3v) is 8.87. The molecule has 2 heterocycles. The van der Waals surface area contributed by atoms with Gasteiger partial charge in [0.2, 0.25) is 10.0 Å². The summed E-state index contributed by atoms with van der Waals surface area (Å²) >= 11 is 0. The molecule has 0 fully saturated rings. The number of rotatable bonds is 7. The lowest BCUT2D eigenvalue weighted by Crippen LogP contribution is -2.30. The number of aromatic nitrogens is 2. The Kier molecular flexibility index (Phi) is 6.51. The van der Waals surface area contributed by atoms with Crippen LogP contribution in [0.2, 0.25) is 0 Å². The largest absolute Gasteiger partial charge is 0.243 e. The first kappa shape index (κ1) is 25.0. The minimum Gasteiger partial charge on any atom is -0.232 e. The van der Waals surface area contributed by atoms with E-state index < -0.39 is 10.0 Å². The van der Waals surface area contributed by atoms with Crippen molar-refractivity contribution in [2.45, 2.75) is 31.8 Å². The second-order valence-corrected chi connectivity index (χ2v) is 11.9. The van der Waals surface area contributed by atoms with Crippen LogP contribution in [0.1, 0.15) is 22.4 Å². The zero-order valence-electron chi connectivity index (χ0n) is 22.0.